The smallest absolute Gasteiger partial charge is 0.339 e. The molecular weight excluding hydrogens is 508 g/mol. The van der Waals surface area contributed by atoms with E-state index >= 15 is 0 Å². The van der Waals surface area contributed by atoms with Gasteiger partial charge in [0.15, 0.2) is 23.1 Å². The number of carbonyl (C=O) groups is 3. The molecular formula is C33H42O7. The molecule has 0 fully saturated rings. The first kappa shape index (κ1) is 30.9. The lowest BCUT2D eigenvalue weighted by molar-refractivity contribution is 0.0269. The van der Waals surface area contributed by atoms with Crippen LogP contribution in [-0.4, -0.2) is 38.9 Å². The molecule has 3 rings (SSSR count). The Bertz CT molecular complexity index is 1170. The number of allylic oxidation sites excluding steroid dienone is 2. The molecule has 2 aromatic carbocycles. The quantitative estimate of drug-likeness (QED) is 0.146. The molecule has 40 heavy (non-hydrogen) atoms. The van der Waals surface area contributed by atoms with Gasteiger partial charge in [0.2, 0.25) is 5.75 Å². The Kier molecular flexibility index (Phi) is 12.3. The number of esters is 1. The van der Waals surface area contributed by atoms with Gasteiger partial charge in [-0.05, 0) is 54.8 Å². The monoisotopic (exact) mass is 550 g/mol. The molecule has 0 spiro atoms. The van der Waals surface area contributed by atoms with Gasteiger partial charge in [-0.1, -0.05) is 70.8 Å². The van der Waals surface area contributed by atoms with Crippen molar-refractivity contribution in [1.82, 2.24) is 0 Å². The number of fused-ring (bicyclic) bond motifs is 1. The molecule has 216 valence electrons. The van der Waals surface area contributed by atoms with Crippen LogP contribution in [0.3, 0.4) is 0 Å². The van der Waals surface area contributed by atoms with Gasteiger partial charge in [0.1, 0.15) is 6.10 Å². The van der Waals surface area contributed by atoms with Crippen molar-refractivity contribution in [3.63, 3.8) is 0 Å². The number of methoxy groups -OCH3 is 3. The maximum Gasteiger partial charge on any atom is 0.339 e. The van der Waals surface area contributed by atoms with E-state index in [0.29, 0.717) is 40.4 Å². The molecule has 1 atom stereocenters. The lowest BCUT2D eigenvalue weighted by Gasteiger charge is -2.21. The SMILES string of the molecule is CCCCCCCCCCCCC(OC(=O)c1cc(OC)c(OC)c(OC)c1)c1ccc2c(c1)C(=O)C=CC2=O. The largest absolute Gasteiger partial charge is 0.493 e. The van der Waals surface area contributed by atoms with Crippen molar-refractivity contribution >= 4 is 17.5 Å². The second kappa shape index (κ2) is 15.8. The summed E-state index contributed by atoms with van der Waals surface area (Å²) in [5.41, 5.74) is 1.65. The maximum absolute atomic E-state index is 13.3. The van der Waals surface area contributed by atoms with Crippen molar-refractivity contribution in [2.45, 2.75) is 83.7 Å². The Balaban J connectivity index is 1.73. The van der Waals surface area contributed by atoms with E-state index in [9.17, 15) is 14.4 Å². The normalized spacial score (nSPS) is 13.1. The molecule has 0 saturated heterocycles. The van der Waals surface area contributed by atoms with E-state index in [0.717, 1.165) is 19.3 Å². The topological polar surface area (TPSA) is 88.1 Å². The van der Waals surface area contributed by atoms with Gasteiger partial charge in [-0.15, -0.1) is 0 Å². The first-order chi connectivity index (χ1) is 19.4. The Hall–Kier alpha value is -3.61. The zero-order chi connectivity index (χ0) is 28.9. The first-order valence-corrected chi connectivity index (χ1v) is 14.3. The molecule has 0 bridgehead atoms. The molecule has 1 aliphatic rings. The van der Waals surface area contributed by atoms with E-state index in [4.69, 9.17) is 18.9 Å². The molecule has 1 unspecified atom stereocenters. The number of ether oxygens (including phenoxy) is 4. The second-order valence-electron chi connectivity index (χ2n) is 10.1. The van der Waals surface area contributed by atoms with Crippen LogP contribution < -0.4 is 14.2 Å². The standard InChI is InChI=1S/C33H42O7/c1-5-6-7-8-9-10-11-12-13-14-15-29(23-16-17-25-26(20-23)28(35)19-18-27(25)34)40-33(36)24-21-30(37-2)32(39-4)31(22-24)38-3/h16-22,29H,5-15H2,1-4H3. The van der Waals surface area contributed by atoms with Crippen molar-refractivity contribution < 1.29 is 33.3 Å². The zero-order valence-corrected chi connectivity index (χ0v) is 24.3. The van der Waals surface area contributed by atoms with E-state index in [1.54, 1.807) is 30.3 Å². The lowest BCUT2D eigenvalue weighted by atomic mass is 9.91. The Morgan fingerprint density at radius 2 is 1.25 bits per heavy atom. The van der Waals surface area contributed by atoms with Crippen LogP contribution in [0.25, 0.3) is 0 Å². The van der Waals surface area contributed by atoms with Gasteiger partial charge in [-0.2, -0.15) is 0 Å². The fourth-order valence-electron chi connectivity index (χ4n) is 5.02. The molecule has 7 heteroatoms. The number of rotatable bonds is 17. The molecule has 0 radical (unpaired) electrons. The second-order valence-corrected chi connectivity index (χ2v) is 10.1. The molecule has 0 saturated carbocycles. The van der Waals surface area contributed by atoms with Crippen molar-refractivity contribution in [1.29, 1.82) is 0 Å². The summed E-state index contributed by atoms with van der Waals surface area (Å²) < 4.78 is 22.2. The van der Waals surface area contributed by atoms with Gasteiger partial charge in [-0.25, -0.2) is 4.79 Å². The number of benzene rings is 2. The number of hydrogen-bond acceptors (Lipinski definition) is 7. The predicted octanol–water partition coefficient (Wildman–Crippen LogP) is 7.86. The van der Waals surface area contributed by atoms with Crippen molar-refractivity contribution in [3.8, 4) is 17.2 Å². The highest BCUT2D eigenvalue weighted by Gasteiger charge is 2.25. The maximum atomic E-state index is 13.3. The number of carbonyl (C=O) groups excluding carboxylic acids is 3. The molecule has 0 heterocycles. The van der Waals surface area contributed by atoms with Crippen molar-refractivity contribution in [2.24, 2.45) is 0 Å². The van der Waals surface area contributed by atoms with Gasteiger partial charge >= 0.3 is 5.97 Å². The summed E-state index contributed by atoms with van der Waals surface area (Å²) in [6.45, 7) is 2.23. The van der Waals surface area contributed by atoms with Crippen LogP contribution in [0.5, 0.6) is 17.2 Å². The van der Waals surface area contributed by atoms with Crippen LogP contribution in [0.4, 0.5) is 0 Å². The predicted molar refractivity (Wildman–Crippen MR) is 155 cm³/mol. The molecule has 1 aliphatic carbocycles. The number of hydrogen-bond donors (Lipinski definition) is 0. The third kappa shape index (κ3) is 8.20. The van der Waals surface area contributed by atoms with Crippen molar-refractivity contribution in [3.05, 3.63) is 64.7 Å². The zero-order valence-electron chi connectivity index (χ0n) is 24.3. The molecule has 0 N–H and O–H groups in total. The molecule has 7 nitrogen and oxygen atoms in total. The van der Waals surface area contributed by atoms with Gasteiger partial charge in [0.05, 0.1) is 26.9 Å². The summed E-state index contributed by atoms with van der Waals surface area (Å²) in [5.74, 6) is 0.104. The minimum Gasteiger partial charge on any atom is -0.493 e. The third-order valence-corrected chi connectivity index (χ3v) is 7.30. The summed E-state index contributed by atoms with van der Waals surface area (Å²) in [4.78, 5) is 38.1. The van der Waals surface area contributed by atoms with E-state index in [1.165, 1.54) is 78.4 Å². The van der Waals surface area contributed by atoms with E-state index in [1.807, 2.05) is 0 Å². The molecule has 0 amide bonds. The highest BCUT2D eigenvalue weighted by molar-refractivity contribution is 6.22. The van der Waals surface area contributed by atoms with Crippen LogP contribution in [0, 0.1) is 0 Å². The Labute approximate surface area is 237 Å². The Morgan fingerprint density at radius 1 is 0.700 bits per heavy atom. The minimum atomic E-state index is -0.584. The highest BCUT2D eigenvalue weighted by Crippen LogP contribution is 2.39. The van der Waals surface area contributed by atoms with Crippen LogP contribution in [0.1, 0.15) is 120 Å². The van der Waals surface area contributed by atoms with E-state index < -0.39 is 12.1 Å². The molecule has 0 aromatic heterocycles. The van der Waals surface area contributed by atoms with Crippen LogP contribution in [-0.2, 0) is 4.74 Å². The fraction of sp³-hybridized carbons (Fsp3) is 0.485. The number of unbranched alkanes of at least 4 members (excludes halogenated alkanes) is 9. The summed E-state index contributed by atoms with van der Waals surface area (Å²) in [5, 5.41) is 0. The number of ketones is 2. The lowest BCUT2D eigenvalue weighted by Crippen LogP contribution is -2.16. The minimum absolute atomic E-state index is 0.207. The highest BCUT2D eigenvalue weighted by atomic mass is 16.5. The average molecular weight is 551 g/mol. The Morgan fingerprint density at radius 3 is 1.80 bits per heavy atom. The van der Waals surface area contributed by atoms with Crippen LogP contribution in [0.2, 0.25) is 0 Å². The molecule has 0 aliphatic heterocycles. The summed E-state index contributed by atoms with van der Waals surface area (Å²) >= 11 is 0. The van der Waals surface area contributed by atoms with Gasteiger partial charge in [0, 0.05) is 11.1 Å². The molecule has 2 aromatic rings. The van der Waals surface area contributed by atoms with Crippen LogP contribution >= 0.6 is 0 Å². The van der Waals surface area contributed by atoms with Gasteiger partial charge < -0.3 is 18.9 Å². The third-order valence-electron chi connectivity index (χ3n) is 7.30. The average Bonchev–Trinajstić information content (AvgIpc) is 2.98. The van der Waals surface area contributed by atoms with Crippen LogP contribution in [0.15, 0.2) is 42.5 Å². The first-order valence-electron chi connectivity index (χ1n) is 14.3. The summed E-state index contributed by atoms with van der Waals surface area (Å²) in [6.07, 6.45) is 14.5. The summed E-state index contributed by atoms with van der Waals surface area (Å²) in [7, 11) is 4.47. The van der Waals surface area contributed by atoms with Gasteiger partial charge in [-0.3, -0.25) is 9.59 Å². The van der Waals surface area contributed by atoms with E-state index in [-0.39, 0.29) is 17.1 Å². The van der Waals surface area contributed by atoms with E-state index in [2.05, 4.69) is 6.92 Å². The van der Waals surface area contributed by atoms with Crippen molar-refractivity contribution in [2.75, 3.05) is 21.3 Å². The summed E-state index contributed by atoms with van der Waals surface area (Å²) in [6, 6.07) is 8.21. The fourth-order valence-corrected chi connectivity index (χ4v) is 5.02. The van der Waals surface area contributed by atoms with Gasteiger partial charge in [0.25, 0.3) is 0 Å².